The van der Waals surface area contributed by atoms with Crippen molar-refractivity contribution in [3.8, 4) is 5.75 Å². The highest BCUT2D eigenvalue weighted by Crippen LogP contribution is 2.35. The molecule has 0 spiro atoms. The number of hydrogen-bond donors (Lipinski definition) is 2. The van der Waals surface area contributed by atoms with Crippen molar-refractivity contribution in [1.82, 2.24) is 24.4 Å². The largest absolute Gasteiger partial charge is 0.491 e. The highest BCUT2D eigenvalue weighted by molar-refractivity contribution is 6.31. The lowest BCUT2D eigenvalue weighted by Gasteiger charge is -2.35. The lowest BCUT2D eigenvalue weighted by Crippen LogP contribution is -2.39. The van der Waals surface area contributed by atoms with Crippen molar-refractivity contribution >= 4 is 34.8 Å². The number of aliphatic hydroxyl groups is 1. The molecule has 10 nitrogen and oxygen atoms in total. The predicted octanol–water partition coefficient (Wildman–Crippen LogP) is 2.91. The molecule has 37 heavy (non-hydrogen) atoms. The second-order valence-electron chi connectivity index (χ2n) is 9.71. The first-order valence-electron chi connectivity index (χ1n) is 12.8. The molecule has 4 heterocycles. The summed E-state index contributed by atoms with van der Waals surface area (Å²) >= 11 is 6.32. The van der Waals surface area contributed by atoms with Gasteiger partial charge < -0.3 is 29.9 Å². The zero-order chi connectivity index (χ0) is 25.9. The summed E-state index contributed by atoms with van der Waals surface area (Å²) < 4.78 is 7.96. The molecular formula is C26H34ClN7O3. The van der Waals surface area contributed by atoms with E-state index in [1.165, 1.54) is 0 Å². The van der Waals surface area contributed by atoms with E-state index in [2.05, 4.69) is 22.2 Å². The molecular weight excluding hydrogens is 494 g/mol. The van der Waals surface area contributed by atoms with E-state index in [4.69, 9.17) is 26.4 Å². The molecule has 11 heteroatoms. The summed E-state index contributed by atoms with van der Waals surface area (Å²) in [5.74, 6) is 2.01. The molecule has 2 aromatic heterocycles. The summed E-state index contributed by atoms with van der Waals surface area (Å²) in [4.78, 5) is 24.9. The number of anilines is 2. The van der Waals surface area contributed by atoms with Gasteiger partial charge in [0.2, 0.25) is 0 Å². The van der Waals surface area contributed by atoms with Crippen LogP contribution in [0, 0.1) is 0 Å². The van der Waals surface area contributed by atoms with E-state index in [-0.39, 0.29) is 18.6 Å². The van der Waals surface area contributed by atoms with E-state index in [1.807, 2.05) is 28.6 Å². The number of aromatic nitrogens is 3. The van der Waals surface area contributed by atoms with Gasteiger partial charge in [0.25, 0.3) is 5.91 Å². The van der Waals surface area contributed by atoms with Gasteiger partial charge in [0.1, 0.15) is 24.0 Å². The molecule has 0 radical (unpaired) electrons. The van der Waals surface area contributed by atoms with Gasteiger partial charge in [-0.15, -0.1) is 0 Å². The van der Waals surface area contributed by atoms with Crippen molar-refractivity contribution in [3.05, 3.63) is 46.6 Å². The topological polar surface area (TPSA) is 98.5 Å². The molecule has 2 N–H and O–H groups in total. The molecule has 1 saturated heterocycles. The Hall–Kier alpha value is -3.08. The van der Waals surface area contributed by atoms with Crippen molar-refractivity contribution in [2.24, 2.45) is 0 Å². The van der Waals surface area contributed by atoms with Gasteiger partial charge in [-0.25, -0.2) is 4.98 Å². The number of nitrogens with one attached hydrogen (secondary N) is 1. The maximum atomic E-state index is 13.9. The Morgan fingerprint density at radius 2 is 2.00 bits per heavy atom. The van der Waals surface area contributed by atoms with Gasteiger partial charge in [0, 0.05) is 56.9 Å². The highest BCUT2D eigenvalue weighted by Gasteiger charge is 2.32. The molecule has 2 aliphatic rings. The van der Waals surface area contributed by atoms with Crippen LogP contribution in [0.5, 0.6) is 5.75 Å². The van der Waals surface area contributed by atoms with Gasteiger partial charge in [-0.2, -0.15) is 9.61 Å². The Bertz CT molecular complexity index is 1270. The van der Waals surface area contributed by atoms with Crippen LogP contribution in [0.4, 0.5) is 11.6 Å². The molecule has 198 valence electrons. The standard InChI is InChI=1S/C26H34ClN7O3/c1-31-10-11-32(2)25-17-23(28-8-13-35)29-24-16-20(30-34(24)25)21-5-3-4-9-33(21)26(36)19-15-18(27)6-7-22(19)37-14-12-31/h6-7,15-17,21,35H,3-5,8-14H2,1-2H3,(H,28,29)/t21-/m0/s1. The normalized spacial score (nSPS) is 19.6. The smallest absolute Gasteiger partial charge is 0.258 e. The minimum absolute atomic E-state index is 0.0139. The average molecular weight is 528 g/mol. The van der Waals surface area contributed by atoms with Gasteiger partial charge in [-0.05, 0) is 44.5 Å². The fraction of sp³-hybridized carbons (Fsp3) is 0.500. The first kappa shape index (κ1) is 25.6. The van der Waals surface area contributed by atoms with Gasteiger partial charge in [0.05, 0.1) is 23.9 Å². The number of carbonyl (C=O) groups excluding carboxylic acids is 1. The summed E-state index contributed by atoms with van der Waals surface area (Å²) in [6.45, 7) is 3.79. The number of aliphatic hydroxyl groups excluding tert-OH is 1. The number of fused-ring (bicyclic) bond motifs is 4. The maximum absolute atomic E-state index is 13.9. The molecule has 1 atom stereocenters. The van der Waals surface area contributed by atoms with Crippen LogP contribution in [-0.2, 0) is 0 Å². The maximum Gasteiger partial charge on any atom is 0.258 e. The second-order valence-corrected chi connectivity index (χ2v) is 10.1. The number of carbonyl (C=O) groups is 1. The zero-order valence-corrected chi connectivity index (χ0v) is 22.1. The summed E-state index contributed by atoms with van der Waals surface area (Å²) in [6, 6.07) is 8.99. The number of piperidine rings is 1. The van der Waals surface area contributed by atoms with Crippen LogP contribution in [0.15, 0.2) is 30.3 Å². The van der Waals surface area contributed by atoms with Gasteiger partial charge in [0.15, 0.2) is 5.65 Å². The van der Waals surface area contributed by atoms with Crippen molar-refractivity contribution in [2.75, 3.05) is 70.2 Å². The van der Waals surface area contributed by atoms with E-state index in [9.17, 15) is 9.90 Å². The molecule has 2 aliphatic heterocycles. The third-order valence-corrected chi connectivity index (χ3v) is 7.30. The lowest BCUT2D eigenvalue weighted by molar-refractivity contribution is 0.0601. The van der Waals surface area contributed by atoms with E-state index >= 15 is 0 Å². The molecule has 5 rings (SSSR count). The van der Waals surface area contributed by atoms with Crippen LogP contribution < -0.4 is 15.0 Å². The van der Waals surface area contributed by atoms with Crippen LogP contribution in [0.3, 0.4) is 0 Å². The van der Waals surface area contributed by atoms with Crippen LogP contribution in [0.1, 0.15) is 41.4 Å². The Labute approximate surface area is 221 Å². The third kappa shape index (κ3) is 5.46. The number of halogens is 1. The third-order valence-electron chi connectivity index (χ3n) is 7.06. The fourth-order valence-electron chi connectivity index (χ4n) is 4.98. The lowest BCUT2D eigenvalue weighted by atomic mass is 9.98. The van der Waals surface area contributed by atoms with Crippen LogP contribution in [0.2, 0.25) is 5.02 Å². The number of amides is 1. The number of hydrogen-bond acceptors (Lipinski definition) is 8. The molecule has 0 saturated carbocycles. The van der Waals surface area contributed by atoms with Gasteiger partial charge in [-0.3, -0.25) is 4.79 Å². The molecule has 1 fully saturated rings. The Balaban J connectivity index is 1.61. The van der Waals surface area contributed by atoms with Crippen LogP contribution in [-0.4, -0.2) is 95.4 Å². The number of nitrogens with zero attached hydrogens (tertiary/aromatic N) is 6. The minimum Gasteiger partial charge on any atom is -0.491 e. The average Bonchev–Trinajstić information content (AvgIpc) is 3.34. The van der Waals surface area contributed by atoms with Crippen molar-refractivity contribution < 1.29 is 14.6 Å². The molecule has 0 aliphatic carbocycles. The Morgan fingerprint density at radius 1 is 1.14 bits per heavy atom. The first-order chi connectivity index (χ1) is 17.9. The minimum atomic E-state index is -0.180. The van der Waals surface area contributed by atoms with Crippen molar-refractivity contribution in [1.29, 1.82) is 0 Å². The van der Waals surface area contributed by atoms with Crippen molar-refractivity contribution in [2.45, 2.75) is 25.3 Å². The summed E-state index contributed by atoms with van der Waals surface area (Å²) in [7, 11) is 4.09. The molecule has 1 aromatic carbocycles. The van der Waals surface area contributed by atoms with Gasteiger partial charge in [-0.1, -0.05) is 11.6 Å². The number of ether oxygens (including phenoxy) is 1. The molecule has 0 unspecified atom stereocenters. The summed E-state index contributed by atoms with van der Waals surface area (Å²) in [5, 5.41) is 18.0. The van der Waals surface area contributed by atoms with Crippen molar-refractivity contribution in [3.63, 3.8) is 0 Å². The first-order valence-corrected chi connectivity index (χ1v) is 13.2. The van der Waals surface area contributed by atoms with Crippen LogP contribution in [0.25, 0.3) is 5.65 Å². The highest BCUT2D eigenvalue weighted by atomic mass is 35.5. The second kappa shape index (κ2) is 11.1. The van der Waals surface area contributed by atoms with Crippen LogP contribution >= 0.6 is 11.6 Å². The zero-order valence-electron chi connectivity index (χ0n) is 21.4. The van der Waals surface area contributed by atoms with E-state index < -0.39 is 0 Å². The summed E-state index contributed by atoms with van der Waals surface area (Å²) in [6.07, 6.45) is 2.76. The Morgan fingerprint density at radius 3 is 2.84 bits per heavy atom. The quantitative estimate of drug-likeness (QED) is 0.536. The molecule has 3 aromatic rings. The van der Waals surface area contributed by atoms with E-state index in [0.29, 0.717) is 54.0 Å². The van der Waals surface area contributed by atoms with E-state index in [1.54, 1.807) is 18.2 Å². The molecule has 2 bridgehead atoms. The summed E-state index contributed by atoms with van der Waals surface area (Å²) in [5.41, 5.74) is 1.98. The monoisotopic (exact) mass is 527 g/mol. The molecule has 1 amide bonds. The number of likely N-dealkylation sites (N-methyl/N-ethyl adjacent to an activating group) is 2. The van der Waals surface area contributed by atoms with E-state index in [0.717, 1.165) is 43.9 Å². The SMILES string of the molecule is CN1CCOc2ccc(Cl)cc2C(=O)N2CCCC[C@H]2c2cc3nc(NCCO)cc(n3n2)N(C)CC1. The predicted molar refractivity (Wildman–Crippen MR) is 144 cm³/mol. The van der Waals surface area contributed by atoms with Gasteiger partial charge >= 0.3 is 0 Å². The fourth-order valence-corrected chi connectivity index (χ4v) is 5.15. The number of benzene rings is 1. The Kier molecular flexibility index (Phi) is 7.68. The number of rotatable bonds is 3.